The molecule has 0 aromatic heterocycles. The molecular formula is C23H28N2O3. The van der Waals surface area contributed by atoms with Crippen LogP contribution in [0.4, 0.5) is 5.69 Å². The summed E-state index contributed by atoms with van der Waals surface area (Å²) < 4.78 is 5.54. The molecule has 1 aliphatic carbocycles. The van der Waals surface area contributed by atoms with Crippen molar-refractivity contribution >= 4 is 17.5 Å². The molecule has 0 bridgehead atoms. The molecule has 0 atom stereocenters. The molecule has 0 heterocycles. The maximum Gasteiger partial charge on any atom is 0.253 e. The quantitative estimate of drug-likeness (QED) is 0.731. The van der Waals surface area contributed by atoms with Crippen LogP contribution >= 0.6 is 0 Å². The highest BCUT2D eigenvalue weighted by atomic mass is 16.5. The number of hydrogen-bond acceptors (Lipinski definition) is 3. The van der Waals surface area contributed by atoms with Crippen molar-refractivity contribution in [3.63, 3.8) is 0 Å². The predicted octanol–water partition coefficient (Wildman–Crippen LogP) is 3.87. The monoisotopic (exact) mass is 380 g/mol. The molecule has 2 aromatic rings. The van der Waals surface area contributed by atoms with E-state index in [1.54, 1.807) is 13.2 Å². The molecule has 5 heteroatoms. The van der Waals surface area contributed by atoms with Gasteiger partial charge < -0.3 is 15.4 Å². The van der Waals surface area contributed by atoms with Crippen molar-refractivity contribution < 1.29 is 14.3 Å². The molecular weight excluding hydrogens is 352 g/mol. The molecule has 0 saturated heterocycles. The van der Waals surface area contributed by atoms with E-state index >= 15 is 0 Å². The fourth-order valence-electron chi connectivity index (χ4n) is 3.64. The standard InChI is InChI=1S/C23H28N2O3/c1-17-8-6-11-19(25-20(26)16-23(28-2)13-7-14-23)21(17)22(27)24-15-12-18-9-4-3-5-10-18/h3-6,8-11H,7,12-16H2,1-2H3,(H,24,27)(H,25,26). The number of carbonyl (C=O) groups is 2. The smallest absolute Gasteiger partial charge is 0.253 e. The third-order valence-corrected chi connectivity index (χ3v) is 5.50. The summed E-state index contributed by atoms with van der Waals surface area (Å²) in [6, 6.07) is 15.5. The van der Waals surface area contributed by atoms with Gasteiger partial charge in [-0.3, -0.25) is 9.59 Å². The lowest BCUT2D eigenvalue weighted by Crippen LogP contribution is -2.42. The summed E-state index contributed by atoms with van der Waals surface area (Å²) >= 11 is 0. The zero-order valence-electron chi connectivity index (χ0n) is 16.6. The van der Waals surface area contributed by atoms with E-state index in [9.17, 15) is 9.59 Å². The summed E-state index contributed by atoms with van der Waals surface area (Å²) in [6.45, 7) is 2.42. The van der Waals surface area contributed by atoms with Gasteiger partial charge in [0.25, 0.3) is 5.91 Å². The van der Waals surface area contributed by atoms with Crippen LogP contribution in [0.15, 0.2) is 48.5 Å². The van der Waals surface area contributed by atoms with Gasteiger partial charge in [-0.25, -0.2) is 0 Å². The second-order valence-electron chi connectivity index (χ2n) is 7.45. The fourth-order valence-corrected chi connectivity index (χ4v) is 3.64. The Morgan fingerprint density at radius 1 is 1.07 bits per heavy atom. The highest BCUT2D eigenvalue weighted by Crippen LogP contribution is 2.38. The second kappa shape index (κ2) is 9.02. The summed E-state index contributed by atoms with van der Waals surface area (Å²) in [7, 11) is 1.66. The summed E-state index contributed by atoms with van der Waals surface area (Å²) in [4.78, 5) is 25.3. The first-order valence-corrected chi connectivity index (χ1v) is 9.80. The normalized spacial score (nSPS) is 14.8. The van der Waals surface area contributed by atoms with Crippen molar-refractivity contribution in [1.82, 2.24) is 5.32 Å². The molecule has 148 valence electrons. The second-order valence-corrected chi connectivity index (χ2v) is 7.45. The van der Waals surface area contributed by atoms with E-state index in [-0.39, 0.29) is 17.4 Å². The number of aryl methyl sites for hydroxylation is 1. The van der Waals surface area contributed by atoms with E-state index in [2.05, 4.69) is 10.6 Å². The van der Waals surface area contributed by atoms with Crippen LogP contribution in [0.5, 0.6) is 0 Å². The van der Waals surface area contributed by atoms with Crippen LogP contribution in [0, 0.1) is 6.92 Å². The lowest BCUT2D eigenvalue weighted by atomic mass is 9.77. The Hall–Kier alpha value is -2.66. The summed E-state index contributed by atoms with van der Waals surface area (Å²) in [5, 5.41) is 5.89. The van der Waals surface area contributed by atoms with Gasteiger partial charge in [-0.15, -0.1) is 0 Å². The molecule has 1 fully saturated rings. The molecule has 2 N–H and O–H groups in total. The Balaban J connectivity index is 1.64. The Morgan fingerprint density at radius 3 is 2.46 bits per heavy atom. The van der Waals surface area contributed by atoms with Crippen molar-refractivity contribution in [1.29, 1.82) is 0 Å². The van der Waals surface area contributed by atoms with Crippen molar-refractivity contribution in [3.8, 4) is 0 Å². The molecule has 1 saturated carbocycles. The van der Waals surface area contributed by atoms with Gasteiger partial charge in [0.05, 0.1) is 23.3 Å². The largest absolute Gasteiger partial charge is 0.378 e. The molecule has 1 aliphatic rings. The predicted molar refractivity (Wildman–Crippen MR) is 110 cm³/mol. The Kier molecular flexibility index (Phi) is 6.47. The maximum atomic E-state index is 12.8. The van der Waals surface area contributed by atoms with Gasteiger partial charge in [0.2, 0.25) is 5.91 Å². The number of hydrogen-bond donors (Lipinski definition) is 2. The molecule has 0 spiro atoms. The average molecular weight is 380 g/mol. The summed E-state index contributed by atoms with van der Waals surface area (Å²) in [5.41, 5.74) is 2.73. The first kappa shape index (κ1) is 20.1. The Labute approximate surface area is 166 Å². The van der Waals surface area contributed by atoms with Gasteiger partial charge in [0, 0.05) is 13.7 Å². The molecule has 2 amide bonds. The van der Waals surface area contributed by atoms with Gasteiger partial charge in [-0.2, -0.15) is 0 Å². The number of rotatable bonds is 8. The van der Waals surface area contributed by atoms with Gasteiger partial charge in [-0.05, 0) is 49.8 Å². The third kappa shape index (κ3) is 4.78. The van der Waals surface area contributed by atoms with E-state index in [0.29, 0.717) is 24.2 Å². The minimum absolute atomic E-state index is 0.120. The first-order chi connectivity index (χ1) is 13.5. The number of nitrogens with one attached hydrogen (secondary N) is 2. The van der Waals surface area contributed by atoms with Crippen LogP contribution < -0.4 is 10.6 Å². The van der Waals surface area contributed by atoms with Crippen molar-refractivity contribution in [2.24, 2.45) is 0 Å². The van der Waals surface area contributed by atoms with Crippen LogP contribution in [0.3, 0.4) is 0 Å². The Morgan fingerprint density at radius 2 is 1.82 bits per heavy atom. The highest BCUT2D eigenvalue weighted by molar-refractivity contribution is 6.05. The molecule has 28 heavy (non-hydrogen) atoms. The minimum atomic E-state index is -0.341. The lowest BCUT2D eigenvalue weighted by Gasteiger charge is -2.39. The van der Waals surface area contributed by atoms with E-state index in [4.69, 9.17) is 4.74 Å². The van der Waals surface area contributed by atoms with Gasteiger partial charge in [0.15, 0.2) is 0 Å². The molecule has 0 aliphatic heterocycles. The molecule has 2 aromatic carbocycles. The number of carbonyl (C=O) groups excluding carboxylic acids is 2. The van der Waals surface area contributed by atoms with E-state index in [1.165, 1.54) is 5.56 Å². The van der Waals surface area contributed by atoms with Crippen molar-refractivity contribution in [2.45, 2.75) is 44.6 Å². The zero-order chi connectivity index (χ0) is 20.0. The fraction of sp³-hybridized carbons (Fsp3) is 0.391. The number of ether oxygens (including phenoxy) is 1. The molecule has 5 nitrogen and oxygen atoms in total. The van der Waals surface area contributed by atoms with Crippen LogP contribution in [-0.4, -0.2) is 31.1 Å². The van der Waals surface area contributed by atoms with E-state index in [1.807, 2.05) is 49.4 Å². The van der Waals surface area contributed by atoms with Crippen LogP contribution in [0.1, 0.15) is 47.2 Å². The van der Waals surface area contributed by atoms with E-state index < -0.39 is 0 Å². The number of benzene rings is 2. The van der Waals surface area contributed by atoms with Crippen LogP contribution in [0.2, 0.25) is 0 Å². The van der Waals surface area contributed by atoms with Crippen LogP contribution in [-0.2, 0) is 16.0 Å². The van der Waals surface area contributed by atoms with Gasteiger partial charge in [0.1, 0.15) is 0 Å². The first-order valence-electron chi connectivity index (χ1n) is 9.80. The minimum Gasteiger partial charge on any atom is -0.378 e. The SMILES string of the molecule is COC1(CC(=O)Nc2cccc(C)c2C(=O)NCCc2ccccc2)CCC1. The number of anilines is 1. The molecule has 0 radical (unpaired) electrons. The van der Waals surface area contributed by atoms with Gasteiger partial charge >= 0.3 is 0 Å². The molecule has 0 unspecified atom stereocenters. The zero-order valence-corrected chi connectivity index (χ0v) is 16.6. The van der Waals surface area contributed by atoms with Gasteiger partial charge in [-0.1, -0.05) is 42.5 Å². The average Bonchev–Trinajstić information content (AvgIpc) is 2.65. The number of methoxy groups -OCH3 is 1. The van der Waals surface area contributed by atoms with Crippen LogP contribution in [0.25, 0.3) is 0 Å². The van der Waals surface area contributed by atoms with E-state index in [0.717, 1.165) is 31.2 Å². The third-order valence-electron chi connectivity index (χ3n) is 5.50. The lowest BCUT2D eigenvalue weighted by molar-refractivity contribution is -0.129. The summed E-state index contributed by atoms with van der Waals surface area (Å²) in [5.74, 6) is -0.292. The highest BCUT2D eigenvalue weighted by Gasteiger charge is 2.39. The number of amides is 2. The topological polar surface area (TPSA) is 67.4 Å². The summed E-state index contributed by atoms with van der Waals surface area (Å²) in [6.07, 6.45) is 3.96. The van der Waals surface area contributed by atoms with Crippen molar-refractivity contribution in [3.05, 3.63) is 65.2 Å². The maximum absolute atomic E-state index is 12.8. The molecule has 3 rings (SSSR count). The van der Waals surface area contributed by atoms with Crippen molar-refractivity contribution in [2.75, 3.05) is 19.0 Å². The Bertz CT molecular complexity index is 823.